The summed E-state index contributed by atoms with van der Waals surface area (Å²) in [6.07, 6.45) is 1.60. The lowest BCUT2D eigenvalue weighted by atomic mass is 9.62. The zero-order valence-electron chi connectivity index (χ0n) is 21.2. The Bertz CT molecular complexity index is 1360. The second-order valence-electron chi connectivity index (χ2n) is 9.93. The molecule has 2 aromatic rings. The predicted octanol–water partition coefficient (Wildman–Crippen LogP) is 4.63. The van der Waals surface area contributed by atoms with E-state index in [1.165, 1.54) is 14.2 Å². The molecule has 2 heterocycles. The Balaban J connectivity index is 1.62. The molecule has 0 bridgehead atoms. The topological polar surface area (TPSA) is 89.5 Å². The van der Waals surface area contributed by atoms with Crippen molar-refractivity contribution in [2.75, 3.05) is 27.6 Å². The van der Waals surface area contributed by atoms with E-state index in [4.69, 9.17) is 28.4 Å². The largest absolute Gasteiger partial charge is 0.496 e. The number of esters is 1. The Hall–Kier alpha value is -3.94. The van der Waals surface area contributed by atoms with E-state index in [1.54, 1.807) is 30.3 Å². The molecule has 2 aliphatic heterocycles. The molecule has 0 fully saturated rings. The SMILES string of the molecule is COC1=C(OC)[C@]23COc4c5c(cc(c42)[C@H](OC(=O)c2ccccc2)[C@H](C)[C@@H](C)CC3=CC1=O)OCO5. The Morgan fingerprint density at radius 2 is 1.81 bits per heavy atom. The minimum Gasteiger partial charge on any atom is -0.496 e. The first-order valence-electron chi connectivity index (χ1n) is 12.3. The van der Waals surface area contributed by atoms with Gasteiger partial charge >= 0.3 is 5.97 Å². The molecule has 0 radical (unpaired) electrons. The summed E-state index contributed by atoms with van der Waals surface area (Å²) >= 11 is 0. The number of benzene rings is 2. The van der Waals surface area contributed by atoms with Crippen LogP contribution in [0.2, 0.25) is 0 Å². The Morgan fingerprint density at radius 1 is 1.03 bits per heavy atom. The summed E-state index contributed by atoms with van der Waals surface area (Å²) in [6.45, 7) is 4.40. The predicted molar refractivity (Wildman–Crippen MR) is 131 cm³/mol. The van der Waals surface area contributed by atoms with Gasteiger partial charge in [-0.2, -0.15) is 0 Å². The number of ketones is 1. The normalized spacial score (nSPS) is 27.3. The van der Waals surface area contributed by atoms with Crippen molar-refractivity contribution in [1.82, 2.24) is 0 Å². The molecule has 0 aromatic heterocycles. The van der Waals surface area contributed by atoms with Crippen LogP contribution in [0.1, 0.15) is 47.9 Å². The number of fused-ring (bicyclic) bond motifs is 2. The molecule has 0 N–H and O–H groups in total. The fraction of sp³-hybridized carbons (Fsp3) is 0.379. The summed E-state index contributed by atoms with van der Waals surface area (Å²) < 4.78 is 35.6. The summed E-state index contributed by atoms with van der Waals surface area (Å²) in [7, 11) is 2.98. The summed E-state index contributed by atoms with van der Waals surface area (Å²) in [6, 6.07) is 10.8. The second-order valence-corrected chi connectivity index (χ2v) is 9.93. The van der Waals surface area contributed by atoms with E-state index >= 15 is 0 Å². The maximum Gasteiger partial charge on any atom is 0.338 e. The number of rotatable bonds is 4. The molecule has 37 heavy (non-hydrogen) atoms. The van der Waals surface area contributed by atoms with Crippen molar-refractivity contribution in [1.29, 1.82) is 0 Å². The molecule has 1 spiro atoms. The van der Waals surface area contributed by atoms with Gasteiger partial charge in [0.05, 0.1) is 19.8 Å². The van der Waals surface area contributed by atoms with Gasteiger partial charge in [-0.15, -0.1) is 0 Å². The molecule has 8 heteroatoms. The lowest BCUT2D eigenvalue weighted by Gasteiger charge is -2.42. The second kappa shape index (κ2) is 8.57. The molecule has 0 unspecified atom stereocenters. The lowest BCUT2D eigenvalue weighted by Crippen LogP contribution is -2.42. The van der Waals surface area contributed by atoms with E-state index in [0.717, 1.165) is 16.7 Å². The summed E-state index contributed by atoms with van der Waals surface area (Å²) in [5.41, 5.74) is 1.90. The summed E-state index contributed by atoms with van der Waals surface area (Å²) in [5, 5.41) is 0. The van der Waals surface area contributed by atoms with Crippen molar-refractivity contribution in [3.8, 4) is 17.2 Å². The molecular formula is C29H28O8. The van der Waals surface area contributed by atoms with E-state index < -0.39 is 17.5 Å². The van der Waals surface area contributed by atoms with Crippen LogP contribution in [0.3, 0.4) is 0 Å². The van der Waals surface area contributed by atoms with Crippen LogP contribution in [-0.2, 0) is 24.4 Å². The van der Waals surface area contributed by atoms with Gasteiger partial charge in [-0.1, -0.05) is 32.0 Å². The van der Waals surface area contributed by atoms with Gasteiger partial charge in [-0.25, -0.2) is 4.79 Å². The molecule has 4 atom stereocenters. The molecule has 2 aromatic carbocycles. The fourth-order valence-corrected chi connectivity index (χ4v) is 6.05. The Morgan fingerprint density at radius 3 is 2.54 bits per heavy atom. The maximum absolute atomic E-state index is 13.3. The van der Waals surface area contributed by atoms with E-state index in [1.807, 2.05) is 12.1 Å². The van der Waals surface area contributed by atoms with Crippen LogP contribution in [0.15, 0.2) is 59.6 Å². The molecule has 4 aliphatic rings. The van der Waals surface area contributed by atoms with Gasteiger partial charge in [0.15, 0.2) is 17.3 Å². The average Bonchev–Trinajstić information content (AvgIpc) is 3.53. The molecule has 6 rings (SSSR count). The number of ether oxygens (including phenoxy) is 6. The molecule has 8 nitrogen and oxygen atoms in total. The number of carbonyl (C=O) groups is 2. The minimum absolute atomic E-state index is 0.0503. The van der Waals surface area contributed by atoms with Crippen LogP contribution in [0.25, 0.3) is 0 Å². The van der Waals surface area contributed by atoms with Gasteiger partial charge < -0.3 is 28.4 Å². The average molecular weight is 505 g/mol. The third-order valence-corrected chi connectivity index (χ3v) is 8.06. The zero-order chi connectivity index (χ0) is 25.9. The van der Waals surface area contributed by atoms with Gasteiger partial charge in [0, 0.05) is 17.0 Å². The number of hydrogen-bond acceptors (Lipinski definition) is 8. The zero-order valence-corrected chi connectivity index (χ0v) is 21.2. The van der Waals surface area contributed by atoms with Crippen LogP contribution >= 0.6 is 0 Å². The van der Waals surface area contributed by atoms with Crippen molar-refractivity contribution in [2.24, 2.45) is 11.8 Å². The Labute approximate surface area is 214 Å². The van der Waals surface area contributed by atoms with Crippen LogP contribution in [0.4, 0.5) is 0 Å². The number of carbonyl (C=O) groups excluding carboxylic acids is 2. The van der Waals surface area contributed by atoms with E-state index in [9.17, 15) is 9.59 Å². The third-order valence-electron chi connectivity index (χ3n) is 8.06. The van der Waals surface area contributed by atoms with Crippen LogP contribution < -0.4 is 14.2 Å². The highest BCUT2D eigenvalue weighted by atomic mass is 16.7. The molecule has 0 saturated carbocycles. The number of methoxy groups -OCH3 is 2. The van der Waals surface area contributed by atoms with Gasteiger partial charge in [0.2, 0.25) is 24.1 Å². The van der Waals surface area contributed by atoms with Crippen molar-refractivity contribution in [2.45, 2.75) is 31.8 Å². The smallest absolute Gasteiger partial charge is 0.338 e. The molecular weight excluding hydrogens is 476 g/mol. The number of hydrogen-bond donors (Lipinski definition) is 0. The molecule has 0 saturated heterocycles. The van der Waals surface area contributed by atoms with Crippen molar-refractivity contribution in [3.05, 3.63) is 76.3 Å². The van der Waals surface area contributed by atoms with Crippen LogP contribution in [0.5, 0.6) is 17.2 Å². The van der Waals surface area contributed by atoms with Crippen LogP contribution in [0, 0.1) is 11.8 Å². The molecule has 0 amide bonds. The van der Waals surface area contributed by atoms with Crippen molar-refractivity contribution in [3.63, 3.8) is 0 Å². The standard InChI is InChI=1S/C29H28O8/c1-15-10-18-11-20(30)24(32-3)27(33-4)29(18)13-34-26-22(29)19(12-21-25(26)36-14-35-21)23(16(15)2)37-28(31)17-8-6-5-7-9-17/h5-9,11-12,15-16,23H,10,13-14H2,1-4H3/t15-,16+,23+,29-/m0/s1. The lowest BCUT2D eigenvalue weighted by molar-refractivity contribution is -0.115. The summed E-state index contributed by atoms with van der Waals surface area (Å²) in [4.78, 5) is 26.4. The monoisotopic (exact) mass is 504 g/mol. The van der Waals surface area contributed by atoms with E-state index in [0.29, 0.717) is 35.0 Å². The highest BCUT2D eigenvalue weighted by Gasteiger charge is 2.58. The first-order valence-corrected chi connectivity index (χ1v) is 12.3. The van der Waals surface area contributed by atoms with Gasteiger partial charge in [-0.3, -0.25) is 4.79 Å². The van der Waals surface area contributed by atoms with Gasteiger partial charge in [0.25, 0.3) is 0 Å². The number of allylic oxidation sites excluding steroid dienone is 1. The Kier molecular flexibility index (Phi) is 5.44. The maximum atomic E-state index is 13.3. The molecule has 192 valence electrons. The van der Waals surface area contributed by atoms with Crippen LogP contribution in [-0.4, -0.2) is 39.4 Å². The first kappa shape index (κ1) is 23.5. The minimum atomic E-state index is -0.939. The summed E-state index contributed by atoms with van der Waals surface area (Å²) in [5.74, 6) is 1.34. The quantitative estimate of drug-likeness (QED) is 0.557. The van der Waals surface area contributed by atoms with Crippen molar-refractivity contribution >= 4 is 11.8 Å². The van der Waals surface area contributed by atoms with E-state index in [2.05, 4.69) is 13.8 Å². The highest BCUT2D eigenvalue weighted by Crippen LogP contribution is 2.62. The molecule has 2 aliphatic carbocycles. The van der Waals surface area contributed by atoms with Gasteiger partial charge in [0.1, 0.15) is 18.1 Å². The van der Waals surface area contributed by atoms with E-state index in [-0.39, 0.29) is 36.8 Å². The first-order chi connectivity index (χ1) is 17.9. The fourth-order valence-electron chi connectivity index (χ4n) is 6.05. The third kappa shape index (κ3) is 3.27. The highest BCUT2D eigenvalue weighted by molar-refractivity contribution is 6.05. The van der Waals surface area contributed by atoms with Gasteiger partial charge in [-0.05, 0) is 42.2 Å². The van der Waals surface area contributed by atoms with Crippen molar-refractivity contribution < 1.29 is 38.0 Å².